The van der Waals surface area contributed by atoms with Crippen LogP contribution in [-0.4, -0.2) is 24.0 Å². The highest BCUT2D eigenvalue weighted by molar-refractivity contribution is 6.31. The third-order valence-corrected chi connectivity index (χ3v) is 3.55. The molecule has 0 amide bonds. The first-order chi connectivity index (χ1) is 9.61. The van der Waals surface area contributed by atoms with Crippen molar-refractivity contribution in [2.75, 3.05) is 14.1 Å². The van der Waals surface area contributed by atoms with Crippen LogP contribution in [0, 0.1) is 0 Å². The molecule has 0 aliphatic carbocycles. The van der Waals surface area contributed by atoms with Gasteiger partial charge < -0.3 is 9.88 Å². The second-order valence-corrected chi connectivity index (χ2v) is 5.79. The monoisotopic (exact) mass is 284 g/mol. The zero-order chi connectivity index (χ0) is 14.1. The maximum atomic E-state index is 6.04. The molecule has 0 spiro atoms. The Balaban J connectivity index is 2.01. The average molecular weight is 285 g/mol. The Hall–Kier alpha value is -1.77. The van der Waals surface area contributed by atoms with Crippen LogP contribution in [0.4, 0.5) is 0 Å². The minimum absolute atomic E-state index is 0.768. The van der Waals surface area contributed by atoms with Crippen LogP contribution in [-0.2, 0) is 6.54 Å². The van der Waals surface area contributed by atoms with Gasteiger partial charge in [0.2, 0.25) is 0 Å². The summed E-state index contributed by atoms with van der Waals surface area (Å²) < 4.78 is 0. The summed E-state index contributed by atoms with van der Waals surface area (Å²) in [5, 5.41) is 1.91. The van der Waals surface area contributed by atoms with Gasteiger partial charge in [-0.05, 0) is 55.6 Å². The Labute approximate surface area is 124 Å². The van der Waals surface area contributed by atoms with Crippen molar-refractivity contribution < 1.29 is 0 Å². The van der Waals surface area contributed by atoms with Gasteiger partial charge in [-0.1, -0.05) is 29.8 Å². The Morgan fingerprint density at radius 1 is 1.05 bits per heavy atom. The van der Waals surface area contributed by atoms with Crippen LogP contribution in [0.5, 0.6) is 0 Å². The first-order valence-electron chi connectivity index (χ1n) is 6.64. The van der Waals surface area contributed by atoms with E-state index in [4.69, 9.17) is 11.6 Å². The first-order valence-corrected chi connectivity index (χ1v) is 7.02. The van der Waals surface area contributed by atoms with Crippen molar-refractivity contribution in [3.8, 4) is 11.3 Å². The number of hydrogen-bond acceptors (Lipinski definition) is 1. The second kappa shape index (κ2) is 5.31. The van der Waals surface area contributed by atoms with E-state index in [1.165, 1.54) is 11.1 Å². The molecule has 3 aromatic rings. The van der Waals surface area contributed by atoms with Gasteiger partial charge in [-0.2, -0.15) is 0 Å². The lowest BCUT2D eigenvalue weighted by atomic mass is 10.1. The van der Waals surface area contributed by atoms with Crippen LogP contribution in [0.2, 0.25) is 5.02 Å². The Morgan fingerprint density at radius 3 is 2.70 bits per heavy atom. The van der Waals surface area contributed by atoms with Gasteiger partial charge in [-0.25, -0.2) is 0 Å². The van der Waals surface area contributed by atoms with E-state index < -0.39 is 0 Å². The van der Waals surface area contributed by atoms with Gasteiger partial charge in [0.25, 0.3) is 0 Å². The van der Waals surface area contributed by atoms with E-state index in [0.717, 1.165) is 28.2 Å². The number of benzene rings is 2. The SMILES string of the molecule is CN(C)Cc1cccc(-c2cc3cc(Cl)ccc3[nH]2)c1. The summed E-state index contributed by atoms with van der Waals surface area (Å²) in [6, 6.07) is 16.7. The van der Waals surface area contributed by atoms with Crippen molar-refractivity contribution in [3.63, 3.8) is 0 Å². The number of H-pyrrole nitrogens is 1. The van der Waals surface area contributed by atoms with Crippen molar-refractivity contribution in [1.29, 1.82) is 0 Å². The van der Waals surface area contributed by atoms with Gasteiger partial charge in [-0.3, -0.25) is 0 Å². The molecular weight excluding hydrogens is 268 g/mol. The molecule has 3 heteroatoms. The third kappa shape index (κ3) is 2.72. The minimum atomic E-state index is 0.768. The molecule has 0 unspecified atom stereocenters. The summed E-state index contributed by atoms with van der Waals surface area (Å²) in [4.78, 5) is 5.62. The van der Waals surface area contributed by atoms with Crippen molar-refractivity contribution in [1.82, 2.24) is 9.88 Å². The summed E-state index contributed by atoms with van der Waals surface area (Å²) in [7, 11) is 4.16. The molecule has 1 heterocycles. The van der Waals surface area contributed by atoms with Gasteiger partial charge in [0, 0.05) is 28.2 Å². The molecule has 1 N–H and O–H groups in total. The lowest BCUT2D eigenvalue weighted by Gasteiger charge is -2.10. The smallest absolute Gasteiger partial charge is 0.0464 e. The van der Waals surface area contributed by atoms with Crippen LogP contribution in [0.15, 0.2) is 48.5 Å². The number of hydrogen-bond donors (Lipinski definition) is 1. The Kier molecular flexibility index (Phi) is 3.51. The van der Waals surface area contributed by atoms with Crippen molar-refractivity contribution in [2.24, 2.45) is 0 Å². The van der Waals surface area contributed by atoms with E-state index in [1.54, 1.807) is 0 Å². The Morgan fingerprint density at radius 2 is 1.90 bits per heavy atom. The average Bonchev–Trinajstić information content (AvgIpc) is 2.81. The lowest BCUT2D eigenvalue weighted by molar-refractivity contribution is 0.402. The first kappa shape index (κ1) is 13.2. The summed E-state index contributed by atoms with van der Waals surface area (Å²) in [5.74, 6) is 0. The Bertz CT molecular complexity index is 744. The van der Waals surface area contributed by atoms with Gasteiger partial charge in [-0.15, -0.1) is 0 Å². The molecule has 0 saturated carbocycles. The van der Waals surface area contributed by atoms with Crippen molar-refractivity contribution >= 4 is 22.5 Å². The third-order valence-electron chi connectivity index (χ3n) is 3.32. The van der Waals surface area contributed by atoms with Crippen LogP contribution >= 0.6 is 11.6 Å². The van der Waals surface area contributed by atoms with Gasteiger partial charge in [0.05, 0.1) is 0 Å². The minimum Gasteiger partial charge on any atom is -0.355 e. The number of aromatic nitrogens is 1. The molecule has 0 atom stereocenters. The maximum Gasteiger partial charge on any atom is 0.0464 e. The normalized spacial score (nSPS) is 11.4. The lowest BCUT2D eigenvalue weighted by Crippen LogP contribution is -2.10. The fourth-order valence-corrected chi connectivity index (χ4v) is 2.64. The second-order valence-electron chi connectivity index (χ2n) is 5.35. The molecule has 2 nitrogen and oxygen atoms in total. The number of halogens is 1. The largest absolute Gasteiger partial charge is 0.355 e. The molecule has 0 radical (unpaired) electrons. The number of rotatable bonds is 3. The number of fused-ring (bicyclic) bond motifs is 1. The molecule has 0 bridgehead atoms. The molecule has 20 heavy (non-hydrogen) atoms. The number of nitrogens with one attached hydrogen (secondary N) is 1. The van der Waals surface area contributed by atoms with Crippen molar-refractivity contribution in [2.45, 2.75) is 6.54 Å². The molecule has 1 aromatic heterocycles. The zero-order valence-corrected chi connectivity index (χ0v) is 12.4. The van der Waals surface area contributed by atoms with E-state index in [9.17, 15) is 0 Å². The summed E-state index contributed by atoms with van der Waals surface area (Å²) in [5.41, 5.74) is 4.76. The van der Waals surface area contributed by atoms with Gasteiger partial charge in [0.1, 0.15) is 0 Å². The summed E-state index contributed by atoms with van der Waals surface area (Å²) in [6.45, 7) is 0.944. The number of nitrogens with zero attached hydrogens (tertiary/aromatic N) is 1. The maximum absolute atomic E-state index is 6.04. The highest BCUT2D eigenvalue weighted by atomic mass is 35.5. The van der Waals surface area contributed by atoms with Gasteiger partial charge >= 0.3 is 0 Å². The molecule has 3 rings (SSSR count). The predicted octanol–water partition coefficient (Wildman–Crippen LogP) is 4.55. The summed E-state index contributed by atoms with van der Waals surface area (Å²) >= 11 is 6.04. The van der Waals surface area contributed by atoms with Crippen LogP contribution in [0.3, 0.4) is 0 Å². The highest BCUT2D eigenvalue weighted by Crippen LogP contribution is 2.26. The fraction of sp³-hybridized carbons (Fsp3) is 0.176. The van der Waals surface area contributed by atoms with E-state index in [1.807, 2.05) is 18.2 Å². The predicted molar refractivity (Wildman–Crippen MR) is 86.1 cm³/mol. The molecule has 0 saturated heterocycles. The standard InChI is InChI=1S/C17H17ClN2/c1-20(2)11-12-4-3-5-13(8-12)17-10-14-9-15(18)6-7-16(14)19-17/h3-10,19H,11H2,1-2H3. The topological polar surface area (TPSA) is 19.0 Å². The quantitative estimate of drug-likeness (QED) is 0.747. The van der Waals surface area contributed by atoms with E-state index in [2.05, 4.69) is 54.3 Å². The molecular formula is C17H17ClN2. The van der Waals surface area contributed by atoms with E-state index in [0.29, 0.717) is 0 Å². The van der Waals surface area contributed by atoms with Crippen molar-refractivity contribution in [3.05, 3.63) is 59.1 Å². The molecule has 0 aliphatic rings. The molecule has 0 aliphatic heterocycles. The number of aromatic amines is 1. The van der Waals surface area contributed by atoms with E-state index in [-0.39, 0.29) is 0 Å². The summed E-state index contributed by atoms with van der Waals surface area (Å²) in [6.07, 6.45) is 0. The highest BCUT2D eigenvalue weighted by Gasteiger charge is 2.05. The molecule has 102 valence electrons. The fourth-order valence-electron chi connectivity index (χ4n) is 2.46. The van der Waals surface area contributed by atoms with E-state index >= 15 is 0 Å². The van der Waals surface area contributed by atoms with Gasteiger partial charge in [0.15, 0.2) is 0 Å². The van der Waals surface area contributed by atoms with Crippen LogP contribution in [0.25, 0.3) is 22.2 Å². The molecule has 0 fully saturated rings. The van der Waals surface area contributed by atoms with Crippen LogP contribution < -0.4 is 0 Å². The zero-order valence-electron chi connectivity index (χ0n) is 11.7. The molecule has 2 aromatic carbocycles. The van der Waals surface area contributed by atoms with Crippen LogP contribution in [0.1, 0.15) is 5.56 Å².